The molecule has 0 aromatic rings. The molecule has 1 heterocycles. The van der Waals surface area contributed by atoms with Crippen molar-refractivity contribution in [3.63, 3.8) is 0 Å². The van der Waals surface area contributed by atoms with Gasteiger partial charge in [0.15, 0.2) is 12.4 Å². The third-order valence-corrected chi connectivity index (χ3v) is 17.7. The maximum absolute atomic E-state index is 13.5. The lowest BCUT2D eigenvalue weighted by Crippen LogP contribution is -2.61. The van der Waals surface area contributed by atoms with Crippen LogP contribution in [-0.4, -0.2) is 99.6 Å². The van der Waals surface area contributed by atoms with Gasteiger partial charge in [-0.3, -0.25) is 9.59 Å². The van der Waals surface area contributed by atoms with Gasteiger partial charge >= 0.3 is 5.97 Å². The topological polar surface area (TPSA) is 175 Å². The van der Waals surface area contributed by atoms with Gasteiger partial charge in [0.2, 0.25) is 5.91 Å². The second-order valence-electron chi connectivity index (χ2n) is 26.0. The van der Waals surface area contributed by atoms with Crippen molar-refractivity contribution < 1.29 is 49.3 Å². The number of aliphatic hydroxyl groups excluding tert-OH is 5. The molecular formula is C77H141NO10. The summed E-state index contributed by atoms with van der Waals surface area (Å²) in [4.78, 5) is 26.7. The predicted octanol–water partition coefficient (Wildman–Crippen LogP) is 19.7. The first-order chi connectivity index (χ1) is 43.2. The van der Waals surface area contributed by atoms with Gasteiger partial charge in [-0.15, -0.1) is 0 Å². The molecule has 1 aliphatic rings. The van der Waals surface area contributed by atoms with Gasteiger partial charge in [-0.1, -0.05) is 338 Å². The molecule has 6 N–H and O–H groups in total. The second-order valence-corrected chi connectivity index (χ2v) is 26.0. The van der Waals surface area contributed by atoms with Gasteiger partial charge in [-0.2, -0.15) is 0 Å². The van der Waals surface area contributed by atoms with Gasteiger partial charge < -0.3 is 45.1 Å². The Bertz CT molecular complexity index is 1670. The summed E-state index contributed by atoms with van der Waals surface area (Å²) in [6, 6.07) is -1.03. The van der Waals surface area contributed by atoms with E-state index in [2.05, 4.69) is 74.7 Å². The van der Waals surface area contributed by atoms with Crippen molar-refractivity contribution in [1.29, 1.82) is 0 Å². The molecule has 11 nitrogen and oxygen atoms in total. The van der Waals surface area contributed by atoms with Crippen LogP contribution in [0.25, 0.3) is 0 Å². The number of rotatable bonds is 65. The number of unbranched alkanes of at least 4 members (excludes halogenated alkanes) is 43. The van der Waals surface area contributed by atoms with E-state index < -0.39 is 67.4 Å². The molecule has 1 rings (SSSR count). The van der Waals surface area contributed by atoms with Crippen LogP contribution in [0.5, 0.6) is 0 Å². The molecule has 1 saturated heterocycles. The summed E-state index contributed by atoms with van der Waals surface area (Å²) in [6.45, 7) is 5.80. The van der Waals surface area contributed by atoms with E-state index in [0.29, 0.717) is 19.3 Å². The number of esters is 1. The molecule has 0 radical (unpaired) electrons. The van der Waals surface area contributed by atoms with Crippen LogP contribution in [0, 0.1) is 0 Å². The molecule has 0 bridgehead atoms. The van der Waals surface area contributed by atoms with E-state index in [1.165, 1.54) is 218 Å². The average Bonchev–Trinajstić information content (AvgIpc) is 1.36. The summed E-state index contributed by atoms with van der Waals surface area (Å²) in [5.74, 6) is -1.20. The van der Waals surface area contributed by atoms with Crippen LogP contribution in [0.4, 0.5) is 0 Å². The lowest BCUT2D eigenvalue weighted by Gasteiger charge is -2.41. The quantitative estimate of drug-likeness (QED) is 0.0195. The zero-order valence-corrected chi connectivity index (χ0v) is 57.4. The van der Waals surface area contributed by atoms with Crippen LogP contribution in [0.3, 0.4) is 0 Å². The molecule has 1 amide bonds. The van der Waals surface area contributed by atoms with Crippen LogP contribution < -0.4 is 5.32 Å². The molecule has 8 unspecified atom stereocenters. The van der Waals surface area contributed by atoms with Crippen molar-refractivity contribution >= 4 is 11.9 Å². The lowest BCUT2D eigenvalue weighted by atomic mass is 9.99. The number of allylic oxidation sites excluding steroid dienone is 9. The Morgan fingerprint density at radius 2 is 0.784 bits per heavy atom. The Morgan fingerprint density at radius 1 is 0.443 bits per heavy atom. The Morgan fingerprint density at radius 3 is 1.19 bits per heavy atom. The first-order valence-electron chi connectivity index (χ1n) is 37.6. The molecule has 0 aliphatic carbocycles. The minimum absolute atomic E-state index is 0.103. The third kappa shape index (κ3) is 50.9. The molecule has 8 atom stereocenters. The molecule has 88 heavy (non-hydrogen) atoms. The molecule has 1 fully saturated rings. The van der Waals surface area contributed by atoms with E-state index in [1.54, 1.807) is 6.08 Å². The van der Waals surface area contributed by atoms with Crippen LogP contribution in [-0.2, 0) is 23.8 Å². The first-order valence-corrected chi connectivity index (χ1v) is 37.6. The molecular weight excluding hydrogens is 1100 g/mol. The van der Waals surface area contributed by atoms with Crippen molar-refractivity contribution in [2.24, 2.45) is 0 Å². The molecule has 0 spiro atoms. The Balaban J connectivity index is 2.54. The SMILES string of the molecule is CCCCC/C=C\C/C=C\C/C=C\C/C=C\CCCCCCCC(=O)OC1C(OCC(NC(=O)C(O)CCCCCCCCCCCCCCCCCCCCCCCCCCCC)C(O)/C=C/CCCCCCCCCCCC)OC(CO)C(O)C1O. The fraction of sp³-hybridized carbons (Fsp3) is 0.844. The van der Waals surface area contributed by atoms with E-state index in [9.17, 15) is 35.1 Å². The molecule has 514 valence electrons. The van der Waals surface area contributed by atoms with Crippen LogP contribution in [0.2, 0.25) is 0 Å². The van der Waals surface area contributed by atoms with E-state index >= 15 is 0 Å². The van der Waals surface area contributed by atoms with Gasteiger partial charge in [-0.25, -0.2) is 0 Å². The number of hydrogen-bond acceptors (Lipinski definition) is 10. The highest BCUT2D eigenvalue weighted by atomic mass is 16.7. The number of amides is 1. The molecule has 1 aliphatic heterocycles. The fourth-order valence-electron chi connectivity index (χ4n) is 11.8. The number of nitrogens with one attached hydrogen (secondary N) is 1. The summed E-state index contributed by atoms with van der Waals surface area (Å²) in [6.07, 6.45) is 72.7. The first kappa shape index (κ1) is 83.4. The molecule has 0 aromatic carbocycles. The van der Waals surface area contributed by atoms with Crippen LogP contribution in [0.15, 0.2) is 60.8 Å². The van der Waals surface area contributed by atoms with Gasteiger partial charge in [-0.05, 0) is 70.6 Å². The highest BCUT2D eigenvalue weighted by molar-refractivity contribution is 5.80. The van der Waals surface area contributed by atoms with Crippen molar-refractivity contribution in [2.45, 2.75) is 404 Å². The predicted molar refractivity (Wildman–Crippen MR) is 370 cm³/mol. The van der Waals surface area contributed by atoms with E-state index in [0.717, 1.165) is 89.9 Å². The largest absolute Gasteiger partial charge is 0.454 e. The highest BCUT2D eigenvalue weighted by Gasteiger charge is 2.47. The Kier molecular flexibility index (Phi) is 61.1. The third-order valence-electron chi connectivity index (χ3n) is 17.7. The number of aliphatic hydroxyl groups is 5. The van der Waals surface area contributed by atoms with Crippen LogP contribution in [0.1, 0.15) is 355 Å². The summed E-state index contributed by atoms with van der Waals surface area (Å²) in [5.41, 5.74) is 0. The lowest BCUT2D eigenvalue weighted by molar-refractivity contribution is -0.305. The van der Waals surface area contributed by atoms with Gasteiger partial charge in [0.05, 0.1) is 25.4 Å². The number of carbonyl (C=O) groups excluding carboxylic acids is 2. The van der Waals surface area contributed by atoms with E-state index in [-0.39, 0.29) is 13.0 Å². The summed E-state index contributed by atoms with van der Waals surface area (Å²) < 4.78 is 17.7. The maximum Gasteiger partial charge on any atom is 0.306 e. The van der Waals surface area contributed by atoms with E-state index in [1.807, 2.05) is 6.08 Å². The van der Waals surface area contributed by atoms with Crippen molar-refractivity contribution in [3.05, 3.63) is 60.8 Å². The van der Waals surface area contributed by atoms with Gasteiger partial charge in [0.1, 0.15) is 24.4 Å². The smallest absolute Gasteiger partial charge is 0.306 e. The average molecular weight is 1240 g/mol. The Labute approximate surface area is 541 Å². The Hall–Kier alpha value is -2.64. The number of hydrogen-bond donors (Lipinski definition) is 6. The zero-order valence-electron chi connectivity index (χ0n) is 57.4. The van der Waals surface area contributed by atoms with Gasteiger partial charge in [0.25, 0.3) is 0 Å². The van der Waals surface area contributed by atoms with E-state index in [4.69, 9.17) is 14.2 Å². The number of carbonyl (C=O) groups is 2. The molecule has 0 aromatic heterocycles. The minimum Gasteiger partial charge on any atom is -0.454 e. The molecule has 0 saturated carbocycles. The van der Waals surface area contributed by atoms with Gasteiger partial charge in [0, 0.05) is 6.42 Å². The van der Waals surface area contributed by atoms with Crippen LogP contribution >= 0.6 is 0 Å². The monoisotopic (exact) mass is 1240 g/mol. The summed E-state index contributed by atoms with van der Waals surface area (Å²) in [5, 5.41) is 57.3. The highest BCUT2D eigenvalue weighted by Crippen LogP contribution is 2.26. The summed E-state index contributed by atoms with van der Waals surface area (Å²) >= 11 is 0. The summed E-state index contributed by atoms with van der Waals surface area (Å²) in [7, 11) is 0. The normalized spacial score (nSPS) is 18.5. The second kappa shape index (κ2) is 64.5. The number of ether oxygens (including phenoxy) is 3. The van der Waals surface area contributed by atoms with Crippen molar-refractivity contribution in [3.8, 4) is 0 Å². The zero-order chi connectivity index (χ0) is 63.9. The maximum atomic E-state index is 13.5. The molecule has 11 heteroatoms. The minimum atomic E-state index is -1.62. The fourth-order valence-corrected chi connectivity index (χ4v) is 11.8. The van der Waals surface area contributed by atoms with Crippen molar-refractivity contribution in [2.75, 3.05) is 13.2 Å². The standard InChI is InChI=1S/C77H141NO10/c1-4-7-10-13-16-19-22-25-27-29-31-33-34-35-36-37-39-40-42-44-46-49-52-55-58-61-64-70(81)76(85)78-68(69(80)63-60-57-54-51-48-24-21-18-15-12-9-6-3)67-86-77-75(74(84)73(83)71(66-79)87-77)88-72(82)65-62-59-56-53-50-47-45-43-41-38-32-30-28-26-23-20-17-14-11-8-5-2/h17,20,26,28,32,38,43,45,60,63,68-71,73-75,77,79-81,83-84H,4-16,18-19,21-25,27,29-31,33-37,39-42,44,46-59,61-62,64-67H2,1-3H3,(H,78,85)/b20-17-,28-26-,38-32-,45-43-,63-60+. The van der Waals surface area contributed by atoms with Crippen molar-refractivity contribution in [1.82, 2.24) is 5.32 Å².